The summed E-state index contributed by atoms with van der Waals surface area (Å²) in [7, 11) is 2.11. The van der Waals surface area contributed by atoms with E-state index in [9.17, 15) is 0 Å². The molecule has 16 heavy (non-hydrogen) atoms. The molecule has 0 bridgehead atoms. The summed E-state index contributed by atoms with van der Waals surface area (Å²) >= 11 is 10.5. The highest BCUT2D eigenvalue weighted by molar-refractivity contribution is 7.74. The number of nitrogens with one attached hydrogen (secondary N) is 1. The first kappa shape index (κ1) is 13.7. The highest BCUT2D eigenvalue weighted by Crippen LogP contribution is 2.32. The van der Waals surface area contributed by atoms with E-state index in [0.717, 1.165) is 34.3 Å². The summed E-state index contributed by atoms with van der Waals surface area (Å²) in [6, 6.07) is 0. The van der Waals surface area contributed by atoms with Gasteiger partial charge >= 0.3 is 0 Å². The Labute approximate surface area is 108 Å². The van der Waals surface area contributed by atoms with Gasteiger partial charge in [0.05, 0.1) is 14.7 Å². The molecular weight excluding hydrogens is 236 g/mol. The fourth-order valence-corrected chi connectivity index (χ4v) is 2.40. The zero-order valence-corrected chi connectivity index (χ0v) is 12.1. The molecule has 1 aromatic carbocycles. The van der Waals surface area contributed by atoms with E-state index in [1.165, 1.54) is 5.56 Å². The minimum atomic E-state index is 0.464. The Morgan fingerprint density at radius 1 is 1.25 bits per heavy atom. The molecule has 0 aliphatic carbocycles. The number of hydrogen-bond donors (Lipinski definition) is 1. The second kappa shape index (κ2) is 5.84. The van der Waals surface area contributed by atoms with Crippen LogP contribution >= 0.6 is 24.4 Å². The van der Waals surface area contributed by atoms with Gasteiger partial charge in [-0.3, -0.25) is 0 Å². The van der Waals surface area contributed by atoms with E-state index in [0.29, 0.717) is 5.92 Å². The summed E-state index contributed by atoms with van der Waals surface area (Å²) in [5.74, 6) is 0.464. The molecule has 1 aromatic rings. The maximum absolute atomic E-state index is 5.26. The Hall–Kier alpha value is -0.320. The van der Waals surface area contributed by atoms with Gasteiger partial charge in [-0.2, -0.15) is 0 Å². The molecule has 90 valence electrons. The van der Waals surface area contributed by atoms with Crippen LogP contribution in [0.5, 0.6) is 0 Å². The van der Waals surface area contributed by atoms with Gasteiger partial charge in [0.25, 0.3) is 0 Å². The van der Waals surface area contributed by atoms with Crippen molar-refractivity contribution in [2.24, 2.45) is 0 Å². The number of nitrogens with zero attached hydrogens (tertiary/aromatic N) is 1. The van der Waals surface area contributed by atoms with Gasteiger partial charge in [0.15, 0.2) is 0 Å². The van der Waals surface area contributed by atoms with Gasteiger partial charge in [-0.15, -0.1) is 0 Å². The van der Waals surface area contributed by atoms with Gasteiger partial charge in [-0.05, 0) is 25.1 Å². The molecule has 2 nitrogen and oxygen atoms in total. The Morgan fingerprint density at radius 2 is 1.88 bits per heavy atom. The standard InChI is InChI=1S/C12H20N2S2/c1-5-14(4)7-6-13-10-9(8(2)3)11(15)12(10)16/h8,13H,5-7H2,1-4H3. The average molecular weight is 256 g/mol. The van der Waals surface area contributed by atoms with Gasteiger partial charge in [0.1, 0.15) is 0 Å². The highest BCUT2D eigenvalue weighted by atomic mass is 32.1. The van der Waals surface area contributed by atoms with Gasteiger partial charge in [-0.25, -0.2) is 0 Å². The molecule has 1 N–H and O–H groups in total. The largest absolute Gasteiger partial charge is 0.382 e. The van der Waals surface area contributed by atoms with Gasteiger partial charge in [0.2, 0.25) is 0 Å². The topological polar surface area (TPSA) is 15.3 Å². The Bertz CT molecular complexity index is 417. The van der Waals surface area contributed by atoms with E-state index in [2.05, 4.69) is 38.0 Å². The lowest BCUT2D eigenvalue weighted by molar-refractivity contribution is 0.367. The SMILES string of the molecule is CCN(C)CCNc1c(C(C)C)c(=S)c1=S. The van der Waals surface area contributed by atoms with Crippen LogP contribution in [0.15, 0.2) is 0 Å². The van der Waals surface area contributed by atoms with Crippen LogP contribution in [0.4, 0.5) is 5.69 Å². The predicted octanol–water partition coefficient (Wildman–Crippen LogP) is 3.51. The van der Waals surface area contributed by atoms with Crippen molar-refractivity contribution in [1.82, 2.24) is 4.90 Å². The maximum atomic E-state index is 5.26. The number of hydrogen-bond acceptors (Lipinski definition) is 4. The number of anilines is 1. The predicted molar refractivity (Wildman–Crippen MR) is 76.2 cm³/mol. The van der Waals surface area contributed by atoms with Crippen molar-refractivity contribution in [2.45, 2.75) is 26.7 Å². The molecule has 0 saturated heterocycles. The fourth-order valence-electron chi connectivity index (χ4n) is 1.67. The lowest BCUT2D eigenvalue weighted by atomic mass is 9.97. The quantitative estimate of drug-likeness (QED) is 0.783. The molecule has 0 saturated carbocycles. The number of rotatable bonds is 6. The van der Waals surface area contributed by atoms with Crippen LogP contribution in [0, 0.1) is 9.02 Å². The molecule has 0 heterocycles. The monoisotopic (exact) mass is 256 g/mol. The van der Waals surface area contributed by atoms with Crippen LogP contribution in [0.1, 0.15) is 32.3 Å². The van der Waals surface area contributed by atoms with E-state index in [1.807, 2.05) is 0 Å². The minimum absolute atomic E-state index is 0.464. The van der Waals surface area contributed by atoms with Crippen LogP contribution in [0.25, 0.3) is 0 Å². The molecule has 0 spiro atoms. The molecule has 0 radical (unpaired) electrons. The summed E-state index contributed by atoms with van der Waals surface area (Å²) in [4.78, 5) is 2.27. The second-order valence-corrected chi connectivity index (χ2v) is 5.24. The molecular formula is C12H20N2S2. The van der Waals surface area contributed by atoms with E-state index < -0.39 is 0 Å². The van der Waals surface area contributed by atoms with Gasteiger partial charge < -0.3 is 10.2 Å². The summed E-state index contributed by atoms with van der Waals surface area (Å²) < 4.78 is 1.73. The van der Waals surface area contributed by atoms with Gasteiger partial charge in [-0.1, -0.05) is 45.2 Å². The smallest absolute Gasteiger partial charge is 0.0796 e. The third-order valence-electron chi connectivity index (χ3n) is 2.86. The molecule has 0 aliphatic heterocycles. The van der Waals surface area contributed by atoms with Crippen LogP contribution in [-0.4, -0.2) is 31.6 Å². The van der Waals surface area contributed by atoms with Crippen molar-refractivity contribution in [3.8, 4) is 0 Å². The maximum Gasteiger partial charge on any atom is 0.0796 e. The molecule has 0 atom stereocenters. The highest BCUT2D eigenvalue weighted by Gasteiger charge is 2.16. The Balaban J connectivity index is 2.59. The third-order valence-corrected chi connectivity index (χ3v) is 3.82. The first-order valence-corrected chi connectivity index (χ1v) is 6.56. The van der Waals surface area contributed by atoms with Crippen molar-refractivity contribution >= 4 is 30.1 Å². The zero-order valence-electron chi connectivity index (χ0n) is 10.5. The van der Waals surface area contributed by atoms with Crippen LogP contribution in [0.2, 0.25) is 0 Å². The molecule has 1 rings (SSSR count). The molecule has 0 aromatic heterocycles. The first-order chi connectivity index (χ1) is 7.49. The van der Waals surface area contributed by atoms with Gasteiger partial charge in [0, 0.05) is 13.1 Å². The Morgan fingerprint density at radius 3 is 2.38 bits per heavy atom. The van der Waals surface area contributed by atoms with Crippen molar-refractivity contribution in [2.75, 3.05) is 32.0 Å². The fraction of sp³-hybridized carbons (Fsp3) is 0.667. The molecule has 0 aliphatic rings. The van der Waals surface area contributed by atoms with E-state index >= 15 is 0 Å². The van der Waals surface area contributed by atoms with Crippen molar-refractivity contribution in [3.63, 3.8) is 0 Å². The minimum Gasteiger partial charge on any atom is -0.382 e. The van der Waals surface area contributed by atoms with Crippen LogP contribution in [0.3, 0.4) is 0 Å². The lowest BCUT2D eigenvalue weighted by Crippen LogP contribution is -2.25. The van der Waals surface area contributed by atoms with Crippen molar-refractivity contribution in [1.29, 1.82) is 0 Å². The van der Waals surface area contributed by atoms with E-state index in [-0.39, 0.29) is 0 Å². The van der Waals surface area contributed by atoms with E-state index in [4.69, 9.17) is 24.4 Å². The first-order valence-electron chi connectivity index (χ1n) is 5.74. The van der Waals surface area contributed by atoms with Crippen molar-refractivity contribution < 1.29 is 0 Å². The third kappa shape index (κ3) is 2.87. The van der Waals surface area contributed by atoms with Crippen molar-refractivity contribution in [3.05, 3.63) is 14.6 Å². The van der Waals surface area contributed by atoms with Crippen LogP contribution < -0.4 is 5.32 Å². The zero-order chi connectivity index (χ0) is 12.3. The van der Waals surface area contributed by atoms with E-state index in [1.54, 1.807) is 0 Å². The average Bonchev–Trinajstić information content (AvgIpc) is 2.26. The molecule has 0 fully saturated rings. The number of likely N-dealkylation sites (N-methyl/N-ethyl adjacent to an activating group) is 1. The molecule has 4 heteroatoms. The lowest BCUT2D eigenvalue weighted by Gasteiger charge is -2.20. The molecule has 0 unspecified atom stereocenters. The summed E-state index contributed by atoms with van der Waals surface area (Å²) in [5.41, 5.74) is 2.35. The second-order valence-electron chi connectivity index (χ2n) is 4.42. The Kier molecular flexibility index (Phi) is 5.02. The van der Waals surface area contributed by atoms with Crippen LogP contribution in [-0.2, 0) is 0 Å². The molecule has 0 amide bonds. The summed E-state index contributed by atoms with van der Waals surface area (Å²) in [6.45, 7) is 9.49. The normalized spacial score (nSPS) is 11.6. The summed E-state index contributed by atoms with van der Waals surface area (Å²) in [5, 5.41) is 3.41. The summed E-state index contributed by atoms with van der Waals surface area (Å²) in [6.07, 6.45) is 0.